The molecule has 18 heavy (non-hydrogen) atoms. The van der Waals surface area contributed by atoms with Crippen molar-refractivity contribution in [3.8, 4) is 0 Å². The Balaban J connectivity index is 2.79. The lowest BCUT2D eigenvalue weighted by Crippen LogP contribution is -2.27. The molecule has 1 aromatic carbocycles. The van der Waals surface area contributed by atoms with E-state index in [0.717, 1.165) is 18.5 Å². The molecule has 0 fully saturated rings. The molecule has 0 bridgehead atoms. The van der Waals surface area contributed by atoms with Crippen molar-refractivity contribution in [2.45, 2.75) is 19.9 Å². The third-order valence-corrected chi connectivity index (χ3v) is 3.04. The van der Waals surface area contributed by atoms with Crippen molar-refractivity contribution >= 4 is 17.5 Å². The van der Waals surface area contributed by atoms with Gasteiger partial charge in [0.2, 0.25) is 5.91 Å². The average molecular weight is 271 g/mol. The number of primary amides is 1. The van der Waals surface area contributed by atoms with Crippen LogP contribution in [-0.4, -0.2) is 35.6 Å². The van der Waals surface area contributed by atoms with Gasteiger partial charge in [-0.3, -0.25) is 9.69 Å². The highest BCUT2D eigenvalue weighted by Crippen LogP contribution is 2.19. The summed E-state index contributed by atoms with van der Waals surface area (Å²) >= 11 is 6.12. The number of aliphatic hydroxyl groups excluding tert-OH is 1. The zero-order valence-corrected chi connectivity index (χ0v) is 11.3. The number of aliphatic hydroxyl groups is 1. The predicted molar refractivity (Wildman–Crippen MR) is 72.6 cm³/mol. The Morgan fingerprint density at radius 3 is 2.67 bits per heavy atom. The van der Waals surface area contributed by atoms with E-state index in [2.05, 4.69) is 11.8 Å². The molecule has 0 aromatic heterocycles. The van der Waals surface area contributed by atoms with Gasteiger partial charge in [-0.25, -0.2) is 0 Å². The summed E-state index contributed by atoms with van der Waals surface area (Å²) in [6.07, 6.45) is 1.01. The van der Waals surface area contributed by atoms with Crippen molar-refractivity contribution in [2.24, 2.45) is 5.73 Å². The zero-order chi connectivity index (χ0) is 13.5. The lowest BCUT2D eigenvalue weighted by atomic mass is 10.1. The first-order chi connectivity index (χ1) is 8.58. The average Bonchev–Trinajstić information content (AvgIpc) is 2.32. The van der Waals surface area contributed by atoms with E-state index in [1.807, 2.05) is 6.07 Å². The fourth-order valence-corrected chi connectivity index (χ4v) is 2.04. The van der Waals surface area contributed by atoms with Gasteiger partial charge in [0.15, 0.2) is 0 Å². The molecule has 0 unspecified atom stereocenters. The van der Waals surface area contributed by atoms with E-state index >= 15 is 0 Å². The summed E-state index contributed by atoms with van der Waals surface area (Å²) in [5.74, 6) is -0.482. The standard InChI is InChI=1S/C13H19ClN2O2/c1-2-5-16(6-7-17)9-11-4-3-10(13(15)18)8-12(11)14/h3-4,8,17H,2,5-7,9H2,1H3,(H2,15,18). The Hall–Kier alpha value is -1.10. The molecule has 0 aliphatic carbocycles. The highest BCUT2D eigenvalue weighted by atomic mass is 35.5. The van der Waals surface area contributed by atoms with Gasteiger partial charge in [0.25, 0.3) is 0 Å². The number of nitrogens with two attached hydrogens (primary N) is 1. The molecule has 5 heteroatoms. The quantitative estimate of drug-likeness (QED) is 0.792. The number of hydrogen-bond acceptors (Lipinski definition) is 3. The van der Waals surface area contributed by atoms with Crippen LogP contribution >= 0.6 is 11.6 Å². The van der Waals surface area contributed by atoms with E-state index in [4.69, 9.17) is 22.4 Å². The van der Waals surface area contributed by atoms with Crippen molar-refractivity contribution in [3.05, 3.63) is 34.3 Å². The largest absolute Gasteiger partial charge is 0.395 e. The number of carbonyl (C=O) groups excluding carboxylic acids is 1. The molecule has 0 atom stereocenters. The van der Waals surface area contributed by atoms with Crippen LogP contribution in [0.4, 0.5) is 0 Å². The first kappa shape index (κ1) is 15.0. The van der Waals surface area contributed by atoms with Crippen LogP contribution in [0.1, 0.15) is 29.3 Å². The molecular formula is C13H19ClN2O2. The van der Waals surface area contributed by atoms with Gasteiger partial charge in [0.1, 0.15) is 0 Å². The first-order valence-corrected chi connectivity index (χ1v) is 6.37. The molecule has 100 valence electrons. The van der Waals surface area contributed by atoms with Gasteiger partial charge in [-0.05, 0) is 30.7 Å². The van der Waals surface area contributed by atoms with Crippen molar-refractivity contribution in [1.29, 1.82) is 0 Å². The molecule has 0 saturated carbocycles. The van der Waals surface area contributed by atoms with Crippen LogP contribution in [0.5, 0.6) is 0 Å². The van der Waals surface area contributed by atoms with Gasteiger partial charge in [-0.15, -0.1) is 0 Å². The number of hydrogen-bond donors (Lipinski definition) is 2. The minimum Gasteiger partial charge on any atom is -0.395 e. The molecular weight excluding hydrogens is 252 g/mol. The molecule has 0 saturated heterocycles. The predicted octanol–water partition coefficient (Wildman–Crippen LogP) is 1.64. The summed E-state index contributed by atoms with van der Waals surface area (Å²) in [5.41, 5.74) is 6.53. The van der Waals surface area contributed by atoms with Gasteiger partial charge in [0.05, 0.1) is 6.61 Å². The zero-order valence-electron chi connectivity index (χ0n) is 10.5. The molecule has 0 aliphatic rings. The van der Waals surface area contributed by atoms with E-state index in [1.54, 1.807) is 12.1 Å². The molecule has 3 N–H and O–H groups in total. The number of rotatable bonds is 7. The Morgan fingerprint density at radius 2 is 2.17 bits per heavy atom. The summed E-state index contributed by atoms with van der Waals surface area (Å²) in [4.78, 5) is 13.1. The molecule has 1 amide bonds. The Kier molecular flexibility index (Phi) is 6.12. The highest BCUT2D eigenvalue weighted by Gasteiger charge is 2.09. The van der Waals surface area contributed by atoms with E-state index in [1.165, 1.54) is 0 Å². The highest BCUT2D eigenvalue weighted by molar-refractivity contribution is 6.31. The lowest BCUT2D eigenvalue weighted by molar-refractivity contribution is 0.100. The second-order valence-corrected chi connectivity index (χ2v) is 4.58. The minimum absolute atomic E-state index is 0.122. The van der Waals surface area contributed by atoms with Gasteiger partial charge < -0.3 is 10.8 Å². The smallest absolute Gasteiger partial charge is 0.248 e. The fraction of sp³-hybridized carbons (Fsp3) is 0.462. The molecule has 4 nitrogen and oxygen atoms in total. The summed E-state index contributed by atoms with van der Waals surface area (Å²) in [5, 5.41) is 9.52. The second-order valence-electron chi connectivity index (χ2n) is 4.17. The third kappa shape index (κ3) is 4.29. The van der Waals surface area contributed by atoms with Crippen LogP contribution < -0.4 is 5.73 Å². The maximum Gasteiger partial charge on any atom is 0.248 e. The van der Waals surface area contributed by atoms with Crippen LogP contribution in [0, 0.1) is 0 Å². The van der Waals surface area contributed by atoms with E-state index in [0.29, 0.717) is 23.7 Å². The van der Waals surface area contributed by atoms with Gasteiger partial charge in [-0.1, -0.05) is 24.6 Å². The van der Waals surface area contributed by atoms with Crippen LogP contribution in [0.2, 0.25) is 5.02 Å². The van der Waals surface area contributed by atoms with Gasteiger partial charge in [0, 0.05) is 23.7 Å². The Morgan fingerprint density at radius 1 is 1.44 bits per heavy atom. The van der Waals surface area contributed by atoms with Gasteiger partial charge >= 0.3 is 0 Å². The monoisotopic (exact) mass is 270 g/mol. The number of carbonyl (C=O) groups is 1. The number of amides is 1. The van der Waals surface area contributed by atoms with Crippen LogP contribution in [0.25, 0.3) is 0 Å². The van der Waals surface area contributed by atoms with Crippen molar-refractivity contribution in [3.63, 3.8) is 0 Å². The van der Waals surface area contributed by atoms with E-state index in [-0.39, 0.29) is 6.61 Å². The van der Waals surface area contributed by atoms with E-state index in [9.17, 15) is 4.79 Å². The Labute approximate surface area is 112 Å². The minimum atomic E-state index is -0.482. The topological polar surface area (TPSA) is 66.6 Å². The summed E-state index contributed by atoms with van der Waals surface area (Å²) in [6, 6.07) is 5.07. The van der Waals surface area contributed by atoms with E-state index < -0.39 is 5.91 Å². The maximum atomic E-state index is 11.0. The normalized spacial score (nSPS) is 10.9. The van der Waals surface area contributed by atoms with Crippen molar-refractivity contribution in [2.75, 3.05) is 19.7 Å². The second kappa shape index (κ2) is 7.36. The van der Waals surface area contributed by atoms with Crippen LogP contribution in [0.15, 0.2) is 18.2 Å². The molecule has 0 heterocycles. The molecule has 1 rings (SSSR count). The molecule has 1 aromatic rings. The molecule has 0 spiro atoms. The van der Waals surface area contributed by atoms with Crippen molar-refractivity contribution < 1.29 is 9.90 Å². The fourth-order valence-electron chi connectivity index (χ4n) is 1.80. The molecule has 0 radical (unpaired) electrons. The van der Waals surface area contributed by atoms with Gasteiger partial charge in [-0.2, -0.15) is 0 Å². The number of benzene rings is 1. The summed E-state index contributed by atoms with van der Waals surface area (Å²) < 4.78 is 0. The van der Waals surface area contributed by atoms with Crippen molar-refractivity contribution in [1.82, 2.24) is 4.90 Å². The summed E-state index contributed by atoms with van der Waals surface area (Å²) in [6.45, 7) is 4.38. The number of halogens is 1. The summed E-state index contributed by atoms with van der Waals surface area (Å²) in [7, 11) is 0. The van der Waals surface area contributed by atoms with Crippen LogP contribution in [0.3, 0.4) is 0 Å². The number of nitrogens with zero attached hydrogens (tertiary/aromatic N) is 1. The maximum absolute atomic E-state index is 11.0. The lowest BCUT2D eigenvalue weighted by Gasteiger charge is -2.21. The van der Waals surface area contributed by atoms with Crippen LogP contribution in [-0.2, 0) is 6.54 Å². The molecule has 0 aliphatic heterocycles. The first-order valence-electron chi connectivity index (χ1n) is 6.00. The SMILES string of the molecule is CCCN(CCO)Cc1ccc(C(N)=O)cc1Cl. The third-order valence-electron chi connectivity index (χ3n) is 2.69. The Bertz CT molecular complexity index is 404.